The summed E-state index contributed by atoms with van der Waals surface area (Å²) in [4.78, 5) is 4.21. The molecule has 0 saturated carbocycles. The SMILES string of the molecule is N#Cc1nc(-c2ccc(COc3ccc(Br)cc3)o2)oc1NC[C@H]1CCCO1. The summed E-state index contributed by atoms with van der Waals surface area (Å²) in [5.41, 5.74) is 0.192. The van der Waals surface area contributed by atoms with Gasteiger partial charge in [0.25, 0.3) is 5.89 Å². The van der Waals surface area contributed by atoms with Gasteiger partial charge in [0.15, 0.2) is 5.76 Å². The highest BCUT2D eigenvalue weighted by molar-refractivity contribution is 9.10. The molecule has 0 spiro atoms. The minimum Gasteiger partial charge on any atom is -0.486 e. The van der Waals surface area contributed by atoms with Crippen molar-refractivity contribution in [3.63, 3.8) is 0 Å². The Morgan fingerprint density at radius 1 is 1.21 bits per heavy atom. The van der Waals surface area contributed by atoms with Gasteiger partial charge in [-0.05, 0) is 49.2 Å². The number of aromatic nitrogens is 1. The Labute approximate surface area is 170 Å². The highest BCUT2D eigenvalue weighted by Crippen LogP contribution is 2.28. The molecule has 1 saturated heterocycles. The van der Waals surface area contributed by atoms with Crippen LogP contribution in [-0.2, 0) is 11.3 Å². The first-order valence-corrected chi connectivity index (χ1v) is 9.74. The average molecular weight is 444 g/mol. The molecule has 2 aromatic heterocycles. The molecule has 0 aliphatic carbocycles. The number of oxazole rings is 1. The second-order valence-corrected chi connectivity index (χ2v) is 7.25. The molecule has 3 heterocycles. The van der Waals surface area contributed by atoms with E-state index in [0.29, 0.717) is 23.9 Å². The van der Waals surface area contributed by atoms with Crippen molar-refractivity contribution in [2.24, 2.45) is 0 Å². The Bertz CT molecular complexity index is 968. The lowest BCUT2D eigenvalue weighted by molar-refractivity contribution is 0.120. The number of anilines is 1. The maximum atomic E-state index is 9.31. The number of furan rings is 1. The summed E-state index contributed by atoms with van der Waals surface area (Å²) in [6, 6.07) is 13.1. The Morgan fingerprint density at radius 2 is 2.07 bits per heavy atom. The smallest absolute Gasteiger partial charge is 0.266 e. The number of hydrogen-bond donors (Lipinski definition) is 1. The van der Waals surface area contributed by atoms with E-state index in [0.717, 1.165) is 29.7 Å². The van der Waals surface area contributed by atoms with E-state index in [2.05, 4.69) is 26.2 Å². The number of halogens is 1. The normalized spacial score (nSPS) is 16.1. The van der Waals surface area contributed by atoms with Gasteiger partial charge < -0.3 is 23.6 Å². The predicted octanol–water partition coefficient (Wildman–Crippen LogP) is 4.74. The molecule has 1 aliphatic heterocycles. The molecule has 1 N–H and O–H groups in total. The molecule has 144 valence electrons. The van der Waals surface area contributed by atoms with Crippen molar-refractivity contribution in [2.45, 2.75) is 25.6 Å². The zero-order valence-electron chi connectivity index (χ0n) is 15.0. The van der Waals surface area contributed by atoms with E-state index in [1.54, 1.807) is 12.1 Å². The number of rotatable bonds is 7. The standard InChI is InChI=1S/C20H18BrN3O4/c21-13-3-5-14(6-4-13)26-12-16-7-8-18(27-16)20-24-17(10-22)19(28-20)23-11-15-2-1-9-25-15/h3-8,15,23H,1-2,9,11-12H2/t15-/m1/s1. The van der Waals surface area contributed by atoms with Crippen molar-refractivity contribution in [3.05, 3.63) is 52.3 Å². The number of nitriles is 1. The van der Waals surface area contributed by atoms with Gasteiger partial charge in [-0.3, -0.25) is 0 Å². The summed E-state index contributed by atoms with van der Waals surface area (Å²) >= 11 is 3.39. The van der Waals surface area contributed by atoms with E-state index >= 15 is 0 Å². The summed E-state index contributed by atoms with van der Waals surface area (Å²) in [6.45, 7) is 1.63. The summed E-state index contributed by atoms with van der Waals surface area (Å²) in [7, 11) is 0. The molecule has 1 aromatic carbocycles. The minimum atomic E-state index is 0.131. The molecular weight excluding hydrogens is 426 g/mol. The van der Waals surface area contributed by atoms with Crippen LogP contribution in [0, 0.1) is 11.3 Å². The van der Waals surface area contributed by atoms with Crippen LogP contribution in [0.15, 0.2) is 49.7 Å². The van der Waals surface area contributed by atoms with Gasteiger partial charge in [-0.25, -0.2) is 0 Å². The summed E-state index contributed by atoms with van der Waals surface area (Å²) in [5, 5.41) is 12.4. The number of nitrogens with one attached hydrogen (secondary N) is 1. The molecule has 1 aliphatic rings. The Balaban J connectivity index is 1.41. The molecule has 1 atom stereocenters. The van der Waals surface area contributed by atoms with Gasteiger partial charge in [0, 0.05) is 17.6 Å². The minimum absolute atomic E-state index is 0.131. The molecular formula is C20H18BrN3O4. The van der Waals surface area contributed by atoms with Gasteiger partial charge in [0.2, 0.25) is 11.6 Å². The zero-order chi connectivity index (χ0) is 19.3. The van der Waals surface area contributed by atoms with Crippen LogP contribution in [0.5, 0.6) is 5.75 Å². The van der Waals surface area contributed by atoms with Crippen LogP contribution < -0.4 is 10.1 Å². The fourth-order valence-electron chi connectivity index (χ4n) is 2.89. The monoisotopic (exact) mass is 443 g/mol. The second kappa shape index (κ2) is 8.50. The van der Waals surface area contributed by atoms with Crippen molar-refractivity contribution in [2.75, 3.05) is 18.5 Å². The van der Waals surface area contributed by atoms with Crippen molar-refractivity contribution >= 4 is 21.8 Å². The number of nitrogens with zero attached hydrogens (tertiary/aromatic N) is 2. The van der Waals surface area contributed by atoms with Crippen LogP contribution in [0.1, 0.15) is 24.3 Å². The Hall–Kier alpha value is -2.76. The van der Waals surface area contributed by atoms with E-state index in [4.69, 9.17) is 18.3 Å². The number of hydrogen-bond acceptors (Lipinski definition) is 7. The molecule has 0 radical (unpaired) electrons. The van der Waals surface area contributed by atoms with Crippen molar-refractivity contribution < 1.29 is 18.3 Å². The van der Waals surface area contributed by atoms with Gasteiger partial charge in [-0.1, -0.05) is 15.9 Å². The highest BCUT2D eigenvalue weighted by Gasteiger charge is 2.20. The van der Waals surface area contributed by atoms with Gasteiger partial charge >= 0.3 is 0 Å². The lowest BCUT2D eigenvalue weighted by Gasteiger charge is -2.09. The Morgan fingerprint density at radius 3 is 2.82 bits per heavy atom. The molecule has 8 heteroatoms. The van der Waals surface area contributed by atoms with E-state index in [1.807, 2.05) is 30.3 Å². The van der Waals surface area contributed by atoms with Crippen molar-refractivity contribution in [1.29, 1.82) is 5.26 Å². The maximum absolute atomic E-state index is 9.31. The molecule has 1 fully saturated rings. The van der Waals surface area contributed by atoms with Crippen molar-refractivity contribution in [1.82, 2.24) is 4.98 Å². The maximum Gasteiger partial charge on any atom is 0.266 e. The van der Waals surface area contributed by atoms with Crippen LogP contribution >= 0.6 is 15.9 Å². The van der Waals surface area contributed by atoms with E-state index in [1.165, 1.54) is 0 Å². The third-order valence-corrected chi connectivity index (χ3v) is 4.84. The average Bonchev–Trinajstić information content (AvgIpc) is 3.45. The molecule has 4 rings (SSSR count). The summed E-state index contributed by atoms with van der Waals surface area (Å²) < 4.78 is 23.7. The predicted molar refractivity (Wildman–Crippen MR) is 105 cm³/mol. The van der Waals surface area contributed by atoms with Gasteiger partial charge in [-0.15, -0.1) is 0 Å². The van der Waals surface area contributed by atoms with E-state index in [-0.39, 0.29) is 24.3 Å². The molecule has 28 heavy (non-hydrogen) atoms. The molecule has 3 aromatic rings. The van der Waals surface area contributed by atoms with Crippen molar-refractivity contribution in [3.8, 4) is 23.5 Å². The van der Waals surface area contributed by atoms with Gasteiger partial charge in [0.05, 0.1) is 6.10 Å². The third-order valence-electron chi connectivity index (χ3n) is 4.31. The topological polar surface area (TPSA) is 93.5 Å². The molecule has 7 nitrogen and oxygen atoms in total. The lowest BCUT2D eigenvalue weighted by atomic mass is 10.2. The fraction of sp³-hybridized carbons (Fsp3) is 0.300. The van der Waals surface area contributed by atoms with Crippen LogP contribution in [0.4, 0.5) is 5.88 Å². The molecule has 0 bridgehead atoms. The summed E-state index contributed by atoms with van der Waals surface area (Å²) in [5.74, 6) is 2.39. The Kier molecular flexibility index (Phi) is 5.65. The van der Waals surface area contributed by atoms with Gasteiger partial charge in [-0.2, -0.15) is 10.2 Å². The van der Waals surface area contributed by atoms with Crippen LogP contribution in [0.3, 0.4) is 0 Å². The second-order valence-electron chi connectivity index (χ2n) is 6.33. The number of benzene rings is 1. The van der Waals surface area contributed by atoms with E-state index < -0.39 is 0 Å². The largest absolute Gasteiger partial charge is 0.486 e. The quantitative estimate of drug-likeness (QED) is 0.563. The zero-order valence-corrected chi connectivity index (χ0v) is 16.6. The first-order chi connectivity index (χ1) is 13.7. The van der Waals surface area contributed by atoms with Crippen LogP contribution in [-0.4, -0.2) is 24.2 Å². The lowest BCUT2D eigenvalue weighted by Crippen LogP contribution is -2.18. The highest BCUT2D eigenvalue weighted by atomic mass is 79.9. The molecule has 0 amide bonds. The first kappa shape index (κ1) is 18.6. The number of ether oxygens (including phenoxy) is 2. The summed E-state index contributed by atoms with van der Waals surface area (Å²) in [6.07, 6.45) is 2.18. The third kappa shape index (κ3) is 4.38. The van der Waals surface area contributed by atoms with Crippen LogP contribution in [0.25, 0.3) is 11.7 Å². The fourth-order valence-corrected chi connectivity index (χ4v) is 3.15. The van der Waals surface area contributed by atoms with Gasteiger partial charge in [0.1, 0.15) is 24.2 Å². The van der Waals surface area contributed by atoms with Crippen LogP contribution in [0.2, 0.25) is 0 Å². The van der Waals surface area contributed by atoms with E-state index in [9.17, 15) is 5.26 Å². The first-order valence-electron chi connectivity index (χ1n) is 8.95. The molecule has 0 unspecified atom stereocenters.